The molecule has 0 amide bonds. The van der Waals surface area contributed by atoms with Crippen molar-refractivity contribution < 1.29 is 14.3 Å². The number of nitrogens with zero attached hydrogens (tertiary/aromatic N) is 3. The zero-order valence-electron chi connectivity index (χ0n) is 20.6. The molecule has 2 saturated heterocycles. The lowest BCUT2D eigenvalue weighted by Gasteiger charge is -2.39. The first-order valence-electron chi connectivity index (χ1n) is 12.1. The average Bonchev–Trinajstić information content (AvgIpc) is 2.82. The molecule has 3 rings (SSSR count). The monoisotopic (exact) mass is 572 g/mol. The van der Waals surface area contributed by atoms with Gasteiger partial charge in [0.1, 0.15) is 5.75 Å². The SMILES string of the molecule is CCNC(=NCC1CCCN(C)C1c1ccc(OC)cc1)N1CCCC(C(=O)OCC)C1.I. The van der Waals surface area contributed by atoms with E-state index in [1.54, 1.807) is 7.11 Å². The summed E-state index contributed by atoms with van der Waals surface area (Å²) in [7, 11) is 3.92. The molecule has 7 nitrogen and oxygen atoms in total. The number of nitrogens with one attached hydrogen (secondary N) is 1. The van der Waals surface area contributed by atoms with E-state index in [-0.39, 0.29) is 35.9 Å². The van der Waals surface area contributed by atoms with Crippen molar-refractivity contribution in [2.45, 2.75) is 45.6 Å². The molecule has 3 atom stereocenters. The van der Waals surface area contributed by atoms with Crippen molar-refractivity contribution in [3.8, 4) is 5.75 Å². The first-order chi connectivity index (χ1) is 15.6. The van der Waals surface area contributed by atoms with E-state index in [9.17, 15) is 4.79 Å². The second kappa shape index (κ2) is 14.0. The fourth-order valence-electron chi connectivity index (χ4n) is 5.03. The summed E-state index contributed by atoms with van der Waals surface area (Å²) in [6.45, 7) is 8.68. The average molecular weight is 573 g/mol. The number of esters is 1. The topological polar surface area (TPSA) is 66.4 Å². The summed E-state index contributed by atoms with van der Waals surface area (Å²) in [6.07, 6.45) is 4.22. The van der Waals surface area contributed by atoms with Gasteiger partial charge < -0.3 is 19.7 Å². The zero-order valence-corrected chi connectivity index (χ0v) is 22.9. The van der Waals surface area contributed by atoms with Gasteiger partial charge >= 0.3 is 5.97 Å². The minimum Gasteiger partial charge on any atom is -0.497 e. The van der Waals surface area contributed by atoms with Crippen LogP contribution in [0.15, 0.2) is 29.3 Å². The van der Waals surface area contributed by atoms with Gasteiger partial charge in [0.2, 0.25) is 0 Å². The third-order valence-corrected chi connectivity index (χ3v) is 6.62. The minimum atomic E-state index is -0.0819. The Bertz CT molecular complexity index is 759. The highest BCUT2D eigenvalue weighted by atomic mass is 127. The number of methoxy groups -OCH3 is 1. The van der Waals surface area contributed by atoms with Crippen molar-refractivity contribution in [1.82, 2.24) is 15.1 Å². The van der Waals surface area contributed by atoms with Gasteiger partial charge in [0.15, 0.2) is 5.96 Å². The molecule has 0 radical (unpaired) electrons. The van der Waals surface area contributed by atoms with Gasteiger partial charge in [0.25, 0.3) is 0 Å². The number of ether oxygens (including phenoxy) is 2. The standard InChI is InChI=1S/C25H40N4O3.HI/c1-5-26-25(29-16-8-10-21(18-29)24(30)32-6-2)27-17-20-9-7-15-28(3)23(20)19-11-13-22(31-4)14-12-19;/h11-14,20-21,23H,5-10,15-18H2,1-4H3,(H,26,27);1H. The molecule has 2 fully saturated rings. The Labute approximate surface area is 216 Å². The number of carbonyl (C=O) groups excluding carboxylic acids is 1. The van der Waals surface area contributed by atoms with Crippen molar-refractivity contribution in [2.75, 3.05) is 53.5 Å². The number of likely N-dealkylation sites (tertiary alicyclic amines) is 2. The Morgan fingerprint density at radius 2 is 1.88 bits per heavy atom. The Kier molecular flexibility index (Phi) is 11.7. The summed E-state index contributed by atoms with van der Waals surface area (Å²) in [4.78, 5) is 22.1. The highest BCUT2D eigenvalue weighted by Crippen LogP contribution is 2.36. The molecule has 0 aromatic heterocycles. The molecule has 2 aliphatic heterocycles. The van der Waals surface area contributed by atoms with Crippen LogP contribution in [0.3, 0.4) is 0 Å². The van der Waals surface area contributed by atoms with Gasteiger partial charge in [-0.3, -0.25) is 14.7 Å². The summed E-state index contributed by atoms with van der Waals surface area (Å²) in [5, 5.41) is 3.46. The summed E-state index contributed by atoms with van der Waals surface area (Å²) in [6, 6.07) is 8.80. The van der Waals surface area contributed by atoms with Crippen LogP contribution in [0.5, 0.6) is 5.75 Å². The normalized spacial score (nSPS) is 24.1. The zero-order chi connectivity index (χ0) is 22.9. The second-order valence-electron chi connectivity index (χ2n) is 8.83. The van der Waals surface area contributed by atoms with Crippen molar-refractivity contribution in [1.29, 1.82) is 0 Å². The van der Waals surface area contributed by atoms with Crippen LogP contribution in [0.25, 0.3) is 0 Å². The van der Waals surface area contributed by atoms with E-state index in [1.165, 1.54) is 12.0 Å². The quantitative estimate of drug-likeness (QED) is 0.231. The molecular weight excluding hydrogens is 531 g/mol. The van der Waals surface area contributed by atoms with Crippen LogP contribution >= 0.6 is 24.0 Å². The molecule has 186 valence electrons. The first-order valence-corrected chi connectivity index (χ1v) is 12.1. The van der Waals surface area contributed by atoms with Crippen LogP contribution in [0.1, 0.15) is 51.1 Å². The number of hydrogen-bond acceptors (Lipinski definition) is 5. The van der Waals surface area contributed by atoms with Gasteiger partial charge in [-0.25, -0.2) is 0 Å². The smallest absolute Gasteiger partial charge is 0.310 e. The van der Waals surface area contributed by atoms with Crippen LogP contribution < -0.4 is 10.1 Å². The molecule has 1 N–H and O–H groups in total. The molecule has 0 aliphatic carbocycles. The van der Waals surface area contributed by atoms with Gasteiger partial charge in [-0.05, 0) is 76.7 Å². The lowest BCUT2D eigenvalue weighted by atomic mass is 9.85. The number of guanidine groups is 1. The molecule has 33 heavy (non-hydrogen) atoms. The molecule has 8 heteroatoms. The van der Waals surface area contributed by atoms with Crippen molar-refractivity contribution >= 4 is 35.9 Å². The Morgan fingerprint density at radius 3 is 2.55 bits per heavy atom. The van der Waals surface area contributed by atoms with Crippen LogP contribution in [0.4, 0.5) is 0 Å². The lowest BCUT2D eigenvalue weighted by molar-refractivity contribution is -0.149. The number of rotatable bonds is 7. The van der Waals surface area contributed by atoms with Crippen LogP contribution in [0, 0.1) is 11.8 Å². The van der Waals surface area contributed by atoms with Crippen LogP contribution in [-0.2, 0) is 9.53 Å². The predicted octanol–water partition coefficient (Wildman–Crippen LogP) is 3.94. The lowest BCUT2D eigenvalue weighted by Crippen LogP contribution is -2.48. The van der Waals surface area contributed by atoms with Crippen LogP contribution in [-0.4, -0.2) is 75.2 Å². The maximum Gasteiger partial charge on any atom is 0.310 e. The maximum absolute atomic E-state index is 12.3. The van der Waals surface area contributed by atoms with Gasteiger partial charge in [0, 0.05) is 32.2 Å². The van der Waals surface area contributed by atoms with Gasteiger partial charge in [-0.15, -0.1) is 24.0 Å². The third kappa shape index (κ3) is 7.47. The van der Waals surface area contributed by atoms with Gasteiger partial charge in [0.05, 0.1) is 19.6 Å². The molecule has 3 unspecified atom stereocenters. The Balaban J connectivity index is 0.00000385. The number of carbonyl (C=O) groups is 1. The number of halogens is 1. The Morgan fingerprint density at radius 1 is 1.15 bits per heavy atom. The Hall–Kier alpha value is -1.55. The number of benzene rings is 1. The van der Waals surface area contributed by atoms with Crippen LogP contribution in [0.2, 0.25) is 0 Å². The minimum absolute atomic E-state index is 0. The highest BCUT2D eigenvalue weighted by molar-refractivity contribution is 14.0. The van der Waals surface area contributed by atoms with Gasteiger partial charge in [-0.1, -0.05) is 12.1 Å². The van der Waals surface area contributed by atoms with E-state index < -0.39 is 0 Å². The molecule has 2 aliphatic rings. The number of piperidine rings is 2. The van der Waals surface area contributed by atoms with E-state index >= 15 is 0 Å². The van der Waals surface area contributed by atoms with Crippen molar-refractivity contribution in [3.05, 3.63) is 29.8 Å². The molecular formula is C25H41IN4O3. The number of hydrogen-bond donors (Lipinski definition) is 1. The molecule has 0 bridgehead atoms. The van der Waals surface area contributed by atoms with E-state index in [0.29, 0.717) is 25.1 Å². The van der Waals surface area contributed by atoms with E-state index in [1.807, 2.05) is 19.1 Å². The number of aliphatic imine (C=N–C) groups is 1. The fraction of sp³-hybridized carbons (Fsp3) is 0.680. The summed E-state index contributed by atoms with van der Waals surface area (Å²) >= 11 is 0. The second-order valence-corrected chi connectivity index (χ2v) is 8.83. The first kappa shape index (κ1) is 27.7. The molecule has 0 saturated carbocycles. The van der Waals surface area contributed by atoms with Crippen molar-refractivity contribution in [3.63, 3.8) is 0 Å². The molecule has 1 aromatic carbocycles. The molecule has 2 heterocycles. The largest absolute Gasteiger partial charge is 0.497 e. The fourth-order valence-corrected chi connectivity index (χ4v) is 5.03. The third-order valence-electron chi connectivity index (χ3n) is 6.62. The van der Waals surface area contributed by atoms with Crippen molar-refractivity contribution in [2.24, 2.45) is 16.8 Å². The summed E-state index contributed by atoms with van der Waals surface area (Å²) in [5.74, 6) is 2.10. The van der Waals surface area contributed by atoms with Gasteiger partial charge in [-0.2, -0.15) is 0 Å². The summed E-state index contributed by atoms with van der Waals surface area (Å²) in [5.41, 5.74) is 1.32. The molecule has 0 spiro atoms. The summed E-state index contributed by atoms with van der Waals surface area (Å²) < 4.78 is 10.6. The van der Waals surface area contributed by atoms with E-state index in [2.05, 4.69) is 41.2 Å². The highest BCUT2D eigenvalue weighted by Gasteiger charge is 2.32. The maximum atomic E-state index is 12.3. The predicted molar refractivity (Wildman–Crippen MR) is 143 cm³/mol. The van der Waals surface area contributed by atoms with E-state index in [0.717, 1.165) is 57.2 Å². The van der Waals surface area contributed by atoms with E-state index in [4.69, 9.17) is 14.5 Å². The molecule has 1 aromatic rings.